The molecule has 0 heterocycles. The fourth-order valence-electron chi connectivity index (χ4n) is 4.64. The minimum Gasteiger partial charge on any atom is -0.390 e. The standard InChI is InChI=1S/C12H18NO2/c14-2-1-13-11-4-9-3-10(5-11)7-12(15,6-9)8-11/h9-10,13,15H,1,3-8H2. The molecule has 3 heteroatoms. The molecule has 0 aromatic rings. The second kappa shape index (κ2) is 3.05. The van der Waals surface area contributed by atoms with Crippen molar-refractivity contribution in [3.8, 4) is 0 Å². The fraction of sp³-hybridized carbons (Fsp3) is 0.917. The Labute approximate surface area is 90.2 Å². The van der Waals surface area contributed by atoms with Crippen molar-refractivity contribution in [2.75, 3.05) is 6.54 Å². The van der Waals surface area contributed by atoms with Crippen molar-refractivity contribution >= 4 is 6.29 Å². The maximum atomic E-state index is 10.4. The summed E-state index contributed by atoms with van der Waals surface area (Å²) < 4.78 is 0. The molecule has 4 fully saturated rings. The Bertz CT molecular complexity index is 275. The van der Waals surface area contributed by atoms with Gasteiger partial charge in [0.2, 0.25) is 6.29 Å². The van der Waals surface area contributed by atoms with Crippen LogP contribution in [0.5, 0.6) is 0 Å². The first-order valence-electron chi connectivity index (χ1n) is 5.96. The van der Waals surface area contributed by atoms with E-state index in [2.05, 4.69) is 5.32 Å². The van der Waals surface area contributed by atoms with Crippen molar-refractivity contribution in [1.82, 2.24) is 5.32 Å². The van der Waals surface area contributed by atoms with E-state index in [0.29, 0.717) is 18.4 Å². The van der Waals surface area contributed by atoms with Crippen LogP contribution < -0.4 is 5.32 Å². The molecule has 0 aromatic heterocycles. The molecule has 0 amide bonds. The zero-order valence-corrected chi connectivity index (χ0v) is 8.96. The summed E-state index contributed by atoms with van der Waals surface area (Å²) in [4.78, 5) is 10.3. The third kappa shape index (κ3) is 1.53. The molecule has 4 aliphatic carbocycles. The number of carbonyl (C=O) groups excluding carboxylic acids is 1. The van der Waals surface area contributed by atoms with E-state index in [9.17, 15) is 9.90 Å². The van der Waals surface area contributed by atoms with Crippen LogP contribution in [0.1, 0.15) is 38.5 Å². The van der Waals surface area contributed by atoms with Crippen molar-refractivity contribution in [3.63, 3.8) is 0 Å². The summed E-state index contributed by atoms with van der Waals surface area (Å²) in [5, 5.41) is 13.7. The highest BCUT2D eigenvalue weighted by atomic mass is 16.3. The van der Waals surface area contributed by atoms with Crippen molar-refractivity contribution in [2.45, 2.75) is 49.7 Å². The zero-order valence-electron chi connectivity index (χ0n) is 8.96. The molecule has 0 aromatic carbocycles. The van der Waals surface area contributed by atoms with Gasteiger partial charge in [0.1, 0.15) is 0 Å². The van der Waals surface area contributed by atoms with Gasteiger partial charge in [-0.3, -0.25) is 4.79 Å². The van der Waals surface area contributed by atoms with E-state index in [1.807, 2.05) is 6.29 Å². The van der Waals surface area contributed by atoms with E-state index >= 15 is 0 Å². The van der Waals surface area contributed by atoms with Crippen LogP contribution >= 0.6 is 0 Å². The molecule has 4 aliphatic rings. The number of nitrogens with one attached hydrogen (secondary N) is 1. The molecule has 4 saturated carbocycles. The molecule has 2 N–H and O–H groups in total. The van der Waals surface area contributed by atoms with Crippen LogP contribution in [0.15, 0.2) is 0 Å². The molecule has 4 bridgehead atoms. The minimum absolute atomic E-state index is 0.0518. The summed E-state index contributed by atoms with van der Waals surface area (Å²) in [6.45, 7) is 0.315. The maximum Gasteiger partial charge on any atom is 0.213 e. The number of hydrogen-bond donors (Lipinski definition) is 2. The SMILES string of the molecule is O=[C]CNC12CC3CC(CC(O)(C3)C1)C2. The summed E-state index contributed by atoms with van der Waals surface area (Å²) in [5.41, 5.74) is -0.379. The molecule has 15 heavy (non-hydrogen) atoms. The van der Waals surface area contributed by atoms with E-state index in [1.165, 1.54) is 6.42 Å². The van der Waals surface area contributed by atoms with Gasteiger partial charge in [0, 0.05) is 5.54 Å². The molecule has 4 rings (SSSR count). The smallest absolute Gasteiger partial charge is 0.213 e. The molecule has 2 atom stereocenters. The van der Waals surface area contributed by atoms with Gasteiger partial charge in [-0.25, -0.2) is 0 Å². The monoisotopic (exact) mass is 208 g/mol. The van der Waals surface area contributed by atoms with Crippen LogP contribution in [0, 0.1) is 11.8 Å². The van der Waals surface area contributed by atoms with Crippen LogP contribution in [0.3, 0.4) is 0 Å². The average Bonchev–Trinajstić information content (AvgIpc) is 2.10. The van der Waals surface area contributed by atoms with Crippen molar-refractivity contribution in [2.24, 2.45) is 11.8 Å². The first-order valence-corrected chi connectivity index (χ1v) is 5.96. The second-order valence-electron chi connectivity index (χ2n) is 5.96. The summed E-state index contributed by atoms with van der Waals surface area (Å²) in [5.74, 6) is 1.35. The van der Waals surface area contributed by atoms with Gasteiger partial charge in [0.25, 0.3) is 0 Å². The Kier molecular flexibility index (Phi) is 1.99. The summed E-state index contributed by atoms with van der Waals surface area (Å²) in [7, 11) is 0. The van der Waals surface area contributed by atoms with Gasteiger partial charge >= 0.3 is 0 Å². The lowest BCUT2D eigenvalue weighted by molar-refractivity contribution is -0.141. The molecule has 0 saturated heterocycles. The highest BCUT2D eigenvalue weighted by Crippen LogP contribution is 2.57. The molecular weight excluding hydrogens is 190 g/mol. The van der Waals surface area contributed by atoms with Crippen LogP contribution in [-0.4, -0.2) is 29.1 Å². The Hall–Kier alpha value is -0.410. The summed E-state index contributed by atoms with van der Waals surface area (Å²) >= 11 is 0. The third-order valence-corrected chi connectivity index (χ3v) is 4.57. The van der Waals surface area contributed by atoms with Crippen LogP contribution in [-0.2, 0) is 4.79 Å². The van der Waals surface area contributed by atoms with E-state index in [-0.39, 0.29) is 5.54 Å². The van der Waals surface area contributed by atoms with E-state index in [4.69, 9.17) is 0 Å². The Morgan fingerprint density at radius 2 is 1.93 bits per heavy atom. The topological polar surface area (TPSA) is 49.3 Å². The van der Waals surface area contributed by atoms with Crippen LogP contribution in [0.2, 0.25) is 0 Å². The number of rotatable bonds is 3. The van der Waals surface area contributed by atoms with Gasteiger partial charge in [-0.1, -0.05) is 0 Å². The average molecular weight is 208 g/mol. The third-order valence-electron chi connectivity index (χ3n) is 4.57. The maximum absolute atomic E-state index is 10.4. The number of hydrogen-bond acceptors (Lipinski definition) is 3. The predicted octanol–water partition coefficient (Wildman–Crippen LogP) is 0.769. The fourth-order valence-corrected chi connectivity index (χ4v) is 4.64. The Morgan fingerprint density at radius 3 is 2.47 bits per heavy atom. The Morgan fingerprint density at radius 1 is 1.27 bits per heavy atom. The summed E-state index contributed by atoms with van der Waals surface area (Å²) in [6, 6.07) is 0. The normalized spacial score (nSPS) is 52.1. The van der Waals surface area contributed by atoms with Gasteiger partial charge in [0.05, 0.1) is 12.1 Å². The lowest BCUT2D eigenvalue weighted by atomic mass is 9.51. The van der Waals surface area contributed by atoms with Gasteiger partial charge in [-0.05, 0) is 50.4 Å². The highest BCUT2D eigenvalue weighted by Gasteiger charge is 2.56. The van der Waals surface area contributed by atoms with Crippen molar-refractivity contribution < 1.29 is 9.90 Å². The molecule has 83 valence electrons. The number of aliphatic hydroxyl groups is 1. The highest BCUT2D eigenvalue weighted by molar-refractivity contribution is 5.53. The van der Waals surface area contributed by atoms with Gasteiger partial charge in [-0.15, -0.1) is 0 Å². The van der Waals surface area contributed by atoms with Crippen molar-refractivity contribution in [3.05, 3.63) is 0 Å². The van der Waals surface area contributed by atoms with Gasteiger partial charge < -0.3 is 10.4 Å². The van der Waals surface area contributed by atoms with Gasteiger partial charge in [0.15, 0.2) is 0 Å². The van der Waals surface area contributed by atoms with E-state index in [0.717, 1.165) is 32.1 Å². The predicted molar refractivity (Wildman–Crippen MR) is 56.1 cm³/mol. The molecule has 2 unspecified atom stereocenters. The zero-order chi connectivity index (χ0) is 10.5. The van der Waals surface area contributed by atoms with Crippen LogP contribution in [0.25, 0.3) is 0 Å². The molecule has 0 spiro atoms. The quantitative estimate of drug-likeness (QED) is 0.720. The van der Waals surface area contributed by atoms with Crippen LogP contribution in [0.4, 0.5) is 0 Å². The van der Waals surface area contributed by atoms with E-state index in [1.54, 1.807) is 0 Å². The summed E-state index contributed by atoms with van der Waals surface area (Å²) in [6.07, 6.45) is 8.30. The van der Waals surface area contributed by atoms with E-state index < -0.39 is 5.60 Å². The largest absolute Gasteiger partial charge is 0.390 e. The first kappa shape index (κ1) is 9.79. The lowest BCUT2D eigenvalue weighted by Crippen LogP contribution is -2.64. The minimum atomic E-state index is -0.431. The lowest BCUT2D eigenvalue weighted by Gasteiger charge is -2.60. The molecule has 0 aliphatic heterocycles. The molecular formula is C12H18NO2. The Balaban J connectivity index is 1.83. The van der Waals surface area contributed by atoms with Gasteiger partial charge in [-0.2, -0.15) is 0 Å². The second-order valence-corrected chi connectivity index (χ2v) is 5.96. The molecule has 3 nitrogen and oxygen atoms in total. The first-order chi connectivity index (χ1) is 7.13. The van der Waals surface area contributed by atoms with Crippen molar-refractivity contribution in [1.29, 1.82) is 0 Å². The molecule has 1 radical (unpaired) electrons.